The van der Waals surface area contributed by atoms with E-state index in [2.05, 4.69) is 4.98 Å². The molecule has 0 saturated heterocycles. The summed E-state index contributed by atoms with van der Waals surface area (Å²) < 4.78 is 6.85. The molecule has 0 saturated carbocycles. The molecule has 0 aromatic carbocycles. The molecule has 1 rings (SSSR count). The van der Waals surface area contributed by atoms with Gasteiger partial charge in [-0.05, 0) is 20.2 Å². The fourth-order valence-electron chi connectivity index (χ4n) is 1.12. The van der Waals surface area contributed by atoms with Crippen LogP contribution in [0.5, 0.6) is 0 Å². The van der Waals surface area contributed by atoms with Crippen molar-refractivity contribution >= 4 is 5.82 Å². The summed E-state index contributed by atoms with van der Waals surface area (Å²) >= 11 is 0. The number of hydrogen-bond acceptors (Lipinski definition) is 5. The minimum Gasteiger partial charge on any atom is -0.383 e. The third-order valence-corrected chi connectivity index (χ3v) is 2.06. The van der Waals surface area contributed by atoms with Gasteiger partial charge in [0.15, 0.2) is 0 Å². The van der Waals surface area contributed by atoms with Crippen LogP contribution in [0.2, 0.25) is 0 Å². The summed E-state index contributed by atoms with van der Waals surface area (Å²) in [6.07, 6.45) is 1.62. The van der Waals surface area contributed by atoms with E-state index in [1.807, 2.05) is 19.0 Å². The zero-order valence-electron chi connectivity index (χ0n) is 9.72. The second kappa shape index (κ2) is 6.24. The summed E-state index contributed by atoms with van der Waals surface area (Å²) in [7, 11) is 3.97. The van der Waals surface area contributed by atoms with Crippen molar-refractivity contribution in [2.24, 2.45) is 0 Å². The highest BCUT2D eigenvalue weighted by Gasteiger charge is 1.97. The SMILES string of the molecule is CN(C)CCOCCn1ccc(N)nc1=O. The molecule has 0 spiro atoms. The van der Waals surface area contributed by atoms with E-state index in [-0.39, 0.29) is 11.5 Å². The average molecular weight is 226 g/mol. The molecule has 1 aromatic rings. The van der Waals surface area contributed by atoms with Crippen molar-refractivity contribution in [3.63, 3.8) is 0 Å². The monoisotopic (exact) mass is 226 g/mol. The van der Waals surface area contributed by atoms with Crippen LogP contribution in [0.25, 0.3) is 0 Å². The fourth-order valence-corrected chi connectivity index (χ4v) is 1.12. The maximum Gasteiger partial charge on any atom is 0.349 e. The summed E-state index contributed by atoms with van der Waals surface area (Å²) in [5, 5.41) is 0. The van der Waals surface area contributed by atoms with Crippen molar-refractivity contribution < 1.29 is 4.74 Å². The van der Waals surface area contributed by atoms with Crippen LogP contribution in [-0.2, 0) is 11.3 Å². The number of aromatic nitrogens is 2. The van der Waals surface area contributed by atoms with E-state index in [9.17, 15) is 4.79 Å². The number of anilines is 1. The quantitative estimate of drug-likeness (QED) is 0.656. The van der Waals surface area contributed by atoms with Crippen LogP contribution >= 0.6 is 0 Å². The Morgan fingerprint density at radius 2 is 2.25 bits per heavy atom. The molecule has 0 fully saturated rings. The molecule has 0 aliphatic rings. The lowest BCUT2D eigenvalue weighted by Gasteiger charge is -2.10. The number of likely N-dealkylation sites (N-methyl/N-ethyl adjacent to an activating group) is 1. The van der Waals surface area contributed by atoms with Gasteiger partial charge in [0.2, 0.25) is 0 Å². The van der Waals surface area contributed by atoms with Crippen LogP contribution in [-0.4, -0.2) is 48.3 Å². The van der Waals surface area contributed by atoms with Crippen LogP contribution in [0, 0.1) is 0 Å². The van der Waals surface area contributed by atoms with Crippen molar-refractivity contribution in [2.75, 3.05) is 39.6 Å². The number of rotatable bonds is 6. The highest BCUT2D eigenvalue weighted by Crippen LogP contribution is 1.89. The van der Waals surface area contributed by atoms with Crippen LogP contribution in [0.3, 0.4) is 0 Å². The summed E-state index contributed by atoms with van der Waals surface area (Å²) in [6, 6.07) is 1.60. The summed E-state index contributed by atoms with van der Waals surface area (Å²) in [5.41, 5.74) is 5.04. The lowest BCUT2D eigenvalue weighted by molar-refractivity contribution is 0.110. The number of nitrogen functional groups attached to an aromatic ring is 1. The van der Waals surface area contributed by atoms with E-state index in [1.165, 1.54) is 4.57 Å². The number of ether oxygens (including phenoxy) is 1. The first kappa shape index (κ1) is 12.7. The molecular formula is C10H18N4O2. The van der Waals surface area contributed by atoms with Gasteiger partial charge in [0, 0.05) is 12.7 Å². The van der Waals surface area contributed by atoms with Gasteiger partial charge in [0.25, 0.3) is 0 Å². The second-order valence-corrected chi connectivity index (χ2v) is 3.74. The largest absolute Gasteiger partial charge is 0.383 e. The fraction of sp³-hybridized carbons (Fsp3) is 0.600. The molecule has 0 amide bonds. The first-order valence-corrected chi connectivity index (χ1v) is 5.15. The molecule has 0 aliphatic carbocycles. The Hall–Kier alpha value is -1.40. The standard InChI is InChI=1S/C10H18N4O2/c1-13(2)5-7-16-8-6-14-4-3-9(11)12-10(14)15/h3-4H,5-8H2,1-2H3,(H2,11,12,15). The van der Waals surface area contributed by atoms with Crippen LogP contribution in [0.4, 0.5) is 5.82 Å². The molecule has 90 valence electrons. The molecule has 1 heterocycles. The molecule has 0 bridgehead atoms. The Morgan fingerprint density at radius 1 is 1.50 bits per heavy atom. The van der Waals surface area contributed by atoms with E-state index < -0.39 is 0 Å². The van der Waals surface area contributed by atoms with Crippen molar-refractivity contribution in [3.05, 3.63) is 22.7 Å². The highest BCUT2D eigenvalue weighted by atomic mass is 16.5. The van der Waals surface area contributed by atoms with Crippen LogP contribution in [0.1, 0.15) is 0 Å². The molecule has 1 aromatic heterocycles. The molecule has 0 unspecified atom stereocenters. The maximum atomic E-state index is 11.3. The van der Waals surface area contributed by atoms with Crippen molar-refractivity contribution in [1.29, 1.82) is 0 Å². The smallest absolute Gasteiger partial charge is 0.349 e. The summed E-state index contributed by atoms with van der Waals surface area (Å²) in [4.78, 5) is 17.0. The average Bonchev–Trinajstić information content (AvgIpc) is 2.20. The minimum atomic E-state index is -0.337. The first-order valence-electron chi connectivity index (χ1n) is 5.15. The van der Waals surface area contributed by atoms with Crippen molar-refractivity contribution in [3.8, 4) is 0 Å². The molecule has 0 radical (unpaired) electrons. The van der Waals surface area contributed by atoms with Gasteiger partial charge in [0.05, 0.1) is 19.8 Å². The normalized spacial score (nSPS) is 10.9. The van der Waals surface area contributed by atoms with E-state index in [4.69, 9.17) is 10.5 Å². The van der Waals surface area contributed by atoms with Crippen LogP contribution < -0.4 is 11.4 Å². The van der Waals surface area contributed by atoms with E-state index in [1.54, 1.807) is 12.3 Å². The van der Waals surface area contributed by atoms with Crippen molar-refractivity contribution in [2.45, 2.75) is 6.54 Å². The second-order valence-electron chi connectivity index (χ2n) is 3.74. The summed E-state index contributed by atoms with van der Waals surface area (Å²) in [5.74, 6) is 0.245. The third-order valence-electron chi connectivity index (χ3n) is 2.06. The third kappa shape index (κ3) is 4.41. The predicted molar refractivity (Wildman–Crippen MR) is 62.3 cm³/mol. The topological polar surface area (TPSA) is 73.4 Å². The molecule has 6 heteroatoms. The molecule has 0 aliphatic heterocycles. The summed E-state index contributed by atoms with van der Waals surface area (Å²) in [6.45, 7) is 2.53. The molecule has 2 N–H and O–H groups in total. The molecule has 16 heavy (non-hydrogen) atoms. The highest BCUT2D eigenvalue weighted by molar-refractivity contribution is 5.23. The number of nitrogens with zero attached hydrogens (tertiary/aromatic N) is 3. The van der Waals surface area contributed by atoms with E-state index in [0.717, 1.165) is 6.54 Å². The Balaban J connectivity index is 2.30. The maximum absolute atomic E-state index is 11.3. The number of nitrogens with two attached hydrogens (primary N) is 1. The van der Waals surface area contributed by atoms with Gasteiger partial charge in [-0.15, -0.1) is 0 Å². The molecule has 6 nitrogen and oxygen atoms in total. The van der Waals surface area contributed by atoms with Gasteiger partial charge < -0.3 is 15.4 Å². The molecular weight excluding hydrogens is 208 g/mol. The van der Waals surface area contributed by atoms with Gasteiger partial charge >= 0.3 is 5.69 Å². The zero-order chi connectivity index (χ0) is 12.0. The van der Waals surface area contributed by atoms with Gasteiger partial charge in [0.1, 0.15) is 5.82 Å². The van der Waals surface area contributed by atoms with Crippen LogP contribution in [0.15, 0.2) is 17.1 Å². The van der Waals surface area contributed by atoms with Gasteiger partial charge in [-0.3, -0.25) is 4.57 Å². The molecule has 0 atom stereocenters. The Morgan fingerprint density at radius 3 is 2.88 bits per heavy atom. The van der Waals surface area contributed by atoms with Gasteiger partial charge in [-0.2, -0.15) is 4.98 Å². The minimum absolute atomic E-state index is 0.245. The lowest BCUT2D eigenvalue weighted by Crippen LogP contribution is -2.26. The van der Waals surface area contributed by atoms with E-state index >= 15 is 0 Å². The Kier molecular flexibility index (Phi) is 4.94. The predicted octanol–water partition coefficient (Wildman–Crippen LogP) is -0.596. The van der Waals surface area contributed by atoms with Crippen molar-refractivity contribution in [1.82, 2.24) is 14.5 Å². The Bertz CT molecular complexity index is 375. The Labute approximate surface area is 94.6 Å². The van der Waals surface area contributed by atoms with Gasteiger partial charge in [-0.25, -0.2) is 4.79 Å². The number of hydrogen-bond donors (Lipinski definition) is 1. The van der Waals surface area contributed by atoms with E-state index in [0.29, 0.717) is 19.8 Å². The lowest BCUT2D eigenvalue weighted by atomic mass is 10.5. The zero-order valence-corrected chi connectivity index (χ0v) is 9.72. The first-order chi connectivity index (χ1) is 7.59. The van der Waals surface area contributed by atoms with Gasteiger partial charge in [-0.1, -0.05) is 0 Å².